The number of carbonyl (C=O) groups is 1. The molecule has 0 saturated carbocycles. The van der Waals surface area contributed by atoms with Crippen molar-refractivity contribution in [2.24, 2.45) is 0 Å². The summed E-state index contributed by atoms with van der Waals surface area (Å²) in [5, 5.41) is 9.61. The zero-order chi connectivity index (χ0) is 13.3. The van der Waals surface area contributed by atoms with Gasteiger partial charge in [-0.1, -0.05) is 23.2 Å². The molecule has 2 rings (SSSR count). The van der Waals surface area contributed by atoms with Crippen molar-refractivity contribution in [2.75, 3.05) is 5.73 Å². The molecule has 0 saturated heterocycles. The number of nitrogens with two attached hydrogens (primary N) is 1. The average Bonchev–Trinajstić information content (AvgIpc) is 2.30. The van der Waals surface area contributed by atoms with E-state index in [9.17, 15) is 4.79 Å². The normalized spacial score (nSPS) is 10.3. The SMILES string of the molecule is Nc1ccc(-c2ncc(Cl)cc2Cl)nc1C(=O)O. The molecule has 0 unspecified atom stereocenters. The summed E-state index contributed by atoms with van der Waals surface area (Å²) in [6.45, 7) is 0. The van der Waals surface area contributed by atoms with Crippen molar-refractivity contribution in [3.05, 3.63) is 40.1 Å². The second-order valence-electron chi connectivity index (χ2n) is 3.42. The van der Waals surface area contributed by atoms with Crippen molar-refractivity contribution in [1.82, 2.24) is 9.97 Å². The quantitative estimate of drug-likeness (QED) is 0.885. The van der Waals surface area contributed by atoms with Gasteiger partial charge in [0.1, 0.15) is 5.69 Å². The predicted octanol–water partition coefficient (Wildman–Crippen LogP) is 2.73. The molecule has 7 heteroatoms. The van der Waals surface area contributed by atoms with Gasteiger partial charge in [0.15, 0.2) is 5.69 Å². The number of halogens is 2. The van der Waals surface area contributed by atoms with E-state index >= 15 is 0 Å². The summed E-state index contributed by atoms with van der Waals surface area (Å²) >= 11 is 11.7. The molecule has 2 aromatic heterocycles. The fourth-order valence-electron chi connectivity index (χ4n) is 1.38. The highest BCUT2D eigenvalue weighted by atomic mass is 35.5. The molecular formula is C11H7Cl2N3O2. The van der Waals surface area contributed by atoms with E-state index < -0.39 is 5.97 Å². The third kappa shape index (κ3) is 2.37. The number of aromatic nitrogens is 2. The molecule has 0 aliphatic rings. The van der Waals surface area contributed by atoms with Crippen molar-refractivity contribution in [3.8, 4) is 11.4 Å². The van der Waals surface area contributed by atoms with Crippen LogP contribution >= 0.6 is 23.2 Å². The van der Waals surface area contributed by atoms with E-state index in [0.717, 1.165) is 0 Å². The Labute approximate surface area is 112 Å². The van der Waals surface area contributed by atoms with E-state index in [1.165, 1.54) is 18.3 Å². The first-order valence-corrected chi connectivity index (χ1v) is 5.56. The lowest BCUT2D eigenvalue weighted by Crippen LogP contribution is -2.06. The molecule has 0 aromatic carbocycles. The Bertz CT molecular complexity index is 632. The van der Waals surface area contributed by atoms with E-state index in [1.807, 2.05) is 0 Å². The number of rotatable bonds is 2. The van der Waals surface area contributed by atoms with Gasteiger partial charge >= 0.3 is 5.97 Å². The molecule has 18 heavy (non-hydrogen) atoms. The first-order chi connectivity index (χ1) is 8.49. The van der Waals surface area contributed by atoms with Crippen molar-refractivity contribution in [3.63, 3.8) is 0 Å². The van der Waals surface area contributed by atoms with E-state index in [1.54, 1.807) is 6.07 Å². The topological polar surface area (TPSA) is 89.1 Å². The summed E-state index contributed by atoms with van der Waals surface area (Å²) in [5.74, 6) is -1.21. The Morgan fingerprint density at radius 1 is 1.33 bits per heavy atom. The minimum atomic E-state index is -1.21. The Morgan fingerprint density at radius 3 is 2.67 bits per heavy atom. The highest BCUT2D eigenvalue weighted by Crippen LogP contribution is 2.27. The number of anilines is 1. The molecule has 0 fully saturated rings. The second kappa shape index (κ2) is 4.80. The van der Waals surface area contributed by atoms with Crippen LogP contribution < -0.4 is 5.73 Å². The summed E-state index contributed by atoms with van der Waals surface area (Å²) in [6, 6.07) is 4.49. The van der Waals surface area contributed by atoms with Crippen molar-refractivity contribution in [1.29, 1.82) is 0 Å². The van der Waals surface area contributed by atoms with Crippen LogP contribution in [0.25, 0.3) is 11.4 Å². The number of pyridine rings is 2. The third-order valence-corrected chi connectivity index (χ3v) is 2.67. The Balaban J connectivity index is 2.58. The Hall–Kier alpha value is -1.85. The molecule has 0 radical (unpaired) electrons. The van der Waals surface area contributed by atoms with Gasteiger partial charge < -0.3 is 10.8 Å². The number of nitrogens with zero attached hydrogens (tertiary/aromatic N) is 2. The molecule has 0 atom stereocenters. The molecule has 2 heterocycles. The molecular weight excluding hydrogens is 277 g/mol. The van der Waals surface area contributed by atoms with Crippen molar-refractivity contribution >= 4 is 34.9 Å². The highest BCUT2D eigenvalue weighted by molar-refractivity contribution is 6.36. The lowest BCUT2D eigenvalue weighted by Gasteiger charge is -2.05. The number of carboxylic acids is 1. The molecule has 0 bridgehead atoms. The van der Waals surface area contributed by atoms with E-state index in [4.69, 9.17) is 34.0 Å². The first-order valence-electron chi connectivity index (χ1n) is 4.80. The number of nitrogen functional groups attached to an aromatic ring is 1. The highest BCUT2D eigenvalue weighted by Gasteiger charge is 2.14. The van der Waals surface area contributed by atoms with Gasteiger partial charge in [-0.3, -0.25) is 4.98 Å². The van der Waals surface area contributed by atoms with Gasteiger partial charge in [-0.05, 0) is 18.2 Å². The van der Waals surface area contributed by atoms with Crippen LogP contribution in [0.3, 0.4) is 0 Å². The number of hydrogen-bond acceptors (Lipinski definition) is 4. The lowest BCUT2D eigenvalue weighted by molar-refractivity contribution is 0.0692. The number of carboxylic acid groups (broad SMARTS) is 1. The van der Waals surface area contributed by atoms with Crippen LogP contribution in [-0.2, 0) is 0 Å². The van der Waals surface area contributed by atoms with Crippen LogP contribution in [0.2, 0.25) is 10.0 Å². The summed E-state index contributed by atoms with van der Waals surface area (Å²) < 4.78 is 0. The minimum Gasteiger partial charge on any atom is -0.476 e. The molecule has 0 aliphatic heterocycles. The lowest BCUT2D eigenvalue weighted by atomic mass is 10.2. The smallest absolute Gasteiger partial charge is 0.356 e. The van der Waals surface area contributed by atoms with Gasteiger partial charge in [-0.15, -0.1) is 0 Å². The van der Waals surface area contributed by atoms with Crippen LogP contribution in [0.1, 0.15) is 10.5 Å². The molecule has 2 aromatic rings. The number of aromatic carboxylic acids is 1. The van der Waals surface area contributed by atoms with Crippen molar-refractivity contribution in [2.45, 2.75) is 0 Å². The van der Waals surface area contributed by atoms with Crippen LogP contribution in [0.4, 0.5) is 5.69 Å². The van der Waals surface area contributed by atoms with Crippen molar-refractivity contribution < 1.29 is 9.90 Å². The number of hydrogen-bond donors (Lipinski definition) is 2. The fourth-order valence-corrected chi connectivity index (χ4v) is 1.85. The molecule has 0 spiro atoms. The maximum atomic E-state index is 10.9. The zero-order valence-corrected chi connectivity index (χ0v) is 10.4. The maximum Gasteiger partial charge on any atom is 0.356 e. The van der Waals surface area contributed by atoms with E-state index in [2.05, 4.69) is 9.97 Å². The average molecular weight is 284 g/mol. The fraction of sp³-hybridized carbons (Fsp3) is 0. The monoisotopic (exact) mass is 283 g/mol. The maximum absolute atomic E-state index is 10.9. The molecule has 0 amide bonds. The van der Waals surface area contributed by atoms with Gasteiger partial charge in [-0.25, -0.2) is 9.78 Å². The molecule has 0 aliphatic carbocycles. The van der Waals surface area contributed by atoms with Gasteiger partial charge in [0.25, 0.3) is 0 Å². The van der Waals surface area contributed by atoms with Crippen LogP contribution in [0.5, 0.6) is 0 Å². The van der Waals surface area contributed by atoms with Crippen LogP contribution in [0, 0.1) is 0 Å². The second-order valence-corrected chi connectivity index (χ2v) is 4.27. The van der Waals surface area contributed by atoms with Gasteiger partial charge in [-0.2, -0.15) is 0 Å². The predicted molar refractivity (Wildman–Crippen MR) is 68.9 cm³/mol. The summed E-state index contributed by atoms with van der Waals surface area (Å²) in [4.78, 5) is 18.9. The zero-order valence-electron chi connectivity index (χ0n) is 8.89. The summed E-state index contributed by atoms with van der Waals surface area (Å²) in [6.07, 6.45) is 1.40. The van der Waals surface area contributed by atoms with Crippen LogP contribution in [0.15, 0.2) is 24.4 Å². The van der Waals surface area contributed by atoms with Crippen LogP contribution in [-0.4, -0.2) is 21.0 Å². The van der Waals surface area contributed by atoms with Gasteiger partial charge in [0.05, 0.1) is 21.4 Å². The van der Waals surface area contributed by atoms with E-state index in [-0.39, 0.29) is 16.4 Å². The van der Waals surface area contributed by atoms with E-state index in [0.29, 0.717) is 16.4 Å². The summed E-state index contributed by atoms with van der Waals surface area (Å²) in [5.41, 5.74) is 6.03. The Morgan fingerprint density at radius 2 is 2.06 bits per heavy atom. The third-order valence-electron chi connectivity index (χ3n) is 2.18. The Kier molecular flexibility index (Phi) is 3.36. The molecule has 92 valence electrons. The standard InChI is InChI=1S/C11H7Cl2N3O2/c12-5-3-6(13)9(15-4-5)8-2-1-7(14)10(16-8)11(17)18/h1-4H,14H2,(H,17,18). The molecule has 3 N–H and O–H groups in total. The largest absolute Gasteiger partial charge is 0.476 e. The van der Waals surface area contributed by atoms with Gasteiger partial charge in [0, 0.05) is 6.20 Å². The molecule has 5 nitrogen and oxygen atoms in total. The first kappa shape index (κ1) is 12.6. The van der Waals surface area contributed by atoms with Gasteiger partial charge in [0.2, 0.25) is 0 Å². The summed E-state index contributed by atoms with van der Waals surface area (Å²) in [7, 11) is 0. The minimum absolute atomic E-state index is 0.0799.